The van der Waals surface area contributed by atoms with Crippen LogP contribution in [0, 0.1) is 5.82 Å². The van der Waals surface area contributed by atoms with E-state index in [0.29, 0.717) is 11.3 Å². The van der Waals surface area contributed by atoms with Crippen LogP contribution in [0.15, 0.2) is 52.9 Å². The fraction of sp³-hybridized carbons (Fsp3) is 0. The average molecular weight is 413 g/mol. The van der Waals surface area contributed by atoms with Gasteiger partial charge in [-0.1, -0.05) is 47.2 Å². The lowest BCUT2D eigenvalue weighted by Crippen LogP contribution is -2.13. The normalized spacial score (nSPS) is 11.2. The van der Waals surface area contributed by atoms with E-state index < -0.39 is 26.1 Å². The number of aromatic nitrogens is 2. The number of amides is 1. The fourth-order valence-corrected chi connectivity index (χ4v) is 4.10. The van der Waals surface area contributed by atoms with Crippen LogP contribution in [0.2, 0.25) is 5.02 Å². The molecule has 11 heteroatoms. The maximum absolute atomic E-state index is 13.6. The van der Waals surface area contributed by atoms with Crippen molar-refractivity contribution in [3.05, 3.63) is 64.9 Å². The minimum Gasteiger partial charge on any atom is -0.296 e. The van der Waals surface area contributed by atoms with E-state index in [-0.39, 0.29) is 21.4 Å². The second kappa shape index (κ2) is 7.36. The maximum atomic E-state index is 13.6. The van der Waals surface area contributed by atoms with E-state index in [1.165, 1.54) is 24.3 Å². The van der Waals surface area contributed by atoms with E-state index >= 15 is 0 Å². The molecule has 1 aromatic heterocycles. The van der Waals surface area contributed by atoms with Gasteiger partial charge < -0.3 is 0 Å². The van der Waals surface area contributed by atoms with Gasteiger partial charge >= 0.3 is 0 Å². The Morgan fingerprint density at radius 2 is 1.77 bits per heavy atom. The highest BCUT2D eigenvalue weighted by Crippen LogP contribution is 2.25. The lowest BCUT2D eigenvalue weighted by Gasteiger charge is -2.05. The topological polar surface area (TPSA) is 101 Å². The summed E-state index contributed by atoms with van der Waals surface area (Å²) in [5.74, 6) is -1.29. The van der Waals surface area contributed by atoms with Crippen molar-refractivity contribution in [2.75, 3.05) is 10.0 Å². The molecule has 1 amide bonds. The van der Waals surface area contributed by atoms with Gasteiger partial charge in [-0.25, -0.2) is 4.39 Å². The molecule has 2 aromatic carbocycles. The Bertz CT molecular complexity index is 1070. The average Bonchev–Trinajstić information content (AvgIpc) is 3.06. The number of nitrogens with zero attached hydrogens (tertiary/aromatic N) is 2. The Morgan fingerprint density at radius 1 is 1.08 bits per heavy atom. The molecule has 7 nitrogen and oxygen atoms in total. The van der Waals surface area contributed by atoms with Gasteiger partial charge in [0.25, 0.3) is 20.3 Å². The predicted molar refractivity (Wildman–Crippen MR) is 96.5 cm³/mol. The summed E-state index contributed by atoms with van der Waals surface area (Å²) >= 11 is 6.56. The molecule has 0 spiro atoms. The van der Waals surface area contributed by atoms with Crippen molar-refractivity contribution in [2.45, 2.75) is 4.34 Å². The van der Waals surface area contributed by atoms with Gasteiger partial charge in [0, 0.05) is 0 Å². The highest BCUT2D eigenvalue weighted by atomic mass is 35.5. The Morgan fingerprint density at radius 3 is 2.50 bits per heavy atom. The van der Waals surface area contributed by atoms with Crippen LogP contribution in [0.3, 0.4) is 0 Å². The highest BCUT2D eigenvalue weighted by molar-refractivity contribution is 7.94. The van der Waals surface area contributed by atoms with Crippen molar-refractivity contribution >= 4 is 49.7 Å². The van der Waals surface area contributed by atoms with E-state index in [2.05, 4.69) is 20.2 Å². The van der Waals surface area contributed by atoms with Crippen molar-refractivity contribution < 1.29 is 17.6 Å². The zero-order valence-electron chi connectivity index (χ0n) is 12.8. The van der Waals surface area contributed by atoms with Crippen molar-refractivity contribution in [3.8, 4) is 0 Å². The minimum absolute atomic E-state index is 0.0381. The number of carbonyl (C=O) groups excluding carboxylic acids is 1. The molecule has 0 unspecified atom stereocenters. The molecule has 0 saturated carbocycles. The Hall–Kier alpha value is -2.56. The fourth-order valence-electron chi connectivity index (χ4n) is 1.91. The number of benzene rings is 2. The number of hydrogen-bond donors (Lipinski definition) is 2. The number of para-hydroxylation sites is 1. The molecular weight excluding hydrogens is 403 g/mol. The minimum atomic E-state index is -4.15. The van der Waals surface area contributed by atoms with E-state index in [1.54, 1.807) is 18.2 Å². The van der Waals surface area contributed by atoms with Gasteiger partial charge in [0.15, 0.2) is 0 Å². The number of nitrogens with one attached hydrogen (secondary N) is 2. The van der Waals surface area contributed by atoms with Gasteiger partial charge in [-0.05, 0) is 24.3 Å². The third-order valence-corrected chi connectivity index (χ3v) is 5.99. The molecule has 0 atom stereocenters. The molecule has 0 aliphatic heterocycles. The summed E-state index contributed by atoms with van der Waals surface area (Å²) in [6.07, 6.45) is 0. The first-order valence-electron chi connectivity index (χ1n) is 7.03. The summed E-state index contributed by atoms with van der Waals surface area (Å²) < 4.78 is 39.8. The smallest absolute Gasteiger partial charge is 0.291 e. The first kappa shape index (κ1) is 18.2. The summed E-state index contributed by atoms with van der Waals surface area (Å²) in [5.41, 5.74) is -0.0115. The molecule has 0 radical (unpaired) electrons. The van der Waals surface area contributed by atoms with Crippen molar-refractivity contribution in [1.29, 1.82) is 0 Å². The van der Waals surface area contributed by atoms with Crippen molar-refractivity contribution in [1.82, 2.24) is 10.2 Å². The van der Waals surface area contributed by atoms with Crippen LogP contribution < -0.4 is 10.0 Å². The van der Waals surface area contributed by atoms with Gasteiger partial charge in [-0.3, -0.25) is 14.8 Å². The summed E-state index contributed by atoms with van der Waals surface area (Å²) in [5, 5.41) is 9.78. The summed E-state index contributed by atoms with van der Waals surface area (Å²) in [7, 11) is -4.15. The molecule has 3 aromatic rings. The molecule has 134 valence electrons. The number of rotatable bonds is 5. The summed E-state index contributed by atoms with van der Waals surface area (Å²) in [6.45, 7) is 0. The predicted octanol–water partition coefficient (Wildman–Crippen LogP) is 3.38. The zero-order valence-corrected chi connectivity index (χ0v) is 15.2. The largest absolute Gasteiger partial charge is 0.296 e. The van der Waals surface area contributed by atoms with Gasteiger partial charge in [0.05, 0.1) is 16.3 Å². The molecule has 2 N–H and O–H groups in total. The zero-order chi connectivity index (χ0) is 18.7. The molecule has 0 saturated heterocycles. The molecule has 0 fully saturated rings. The van der Waals surface area contributed by atoms with E-state index in [9.17, 15) is 17.6 Å². The second-order valence-corrected chi connectivity index (χ2v) is 8.13. The van der Waals surface area contributed by atoms with Gasteiger partial charge in [-0.2, -0.15) is 8.42 Å². The van der Waals surface area contributed by atoms with Crippen molar-refractivity contribution in [2.24, 2.45) is 0 Å². The van der Waals surface area contributed by atoms with Gasteiger partial charge in [0.1, 0.15) is 5.82 Å². The lowest BCUT2D eigenvalue weighted by molar-refractivity contribution is 0.102. The van der Waals surface area contributed by atoms with E-state index in [0.717, 1.165) is 6.07 Å². The van der Waals surface area contributed by atoms with Crippen molar-refractivity contribution in [3.63, 3.8) is 0 Å². The Kier molecular flexibility index (Phi) is 5.16. The van der Waals surface area contributed by atoms with Crippen LogP contribution in [0.4, 0.5) is 15.2 Å². The van der Waals surface area contributed by atoms with Crippen LogP contribution >= 0.6 is 22.9 Å². The monoisotopic (exact) mass is 412 g/mol. The van der Waals surface area contributed by atoms with Crippen LogP contribution in [0.1, 0.15) is 10.4 Å². The second-order valence-electron chi connectivity index (χ2n) is 4.89. The summed E-state index contributed by atoms with van der Waals surface area (Å²) in [4.78, 5) is 12.2. The SMILES string of the molecule is O=C(Nc1nnc(S(=O)(=O)Nc2ccccc2F)s1)c1ccccc1Cl. The molecule has 3 rings (SSSR count). The van der Waals surface area contributed by atoms with E-state index in [4.69, 9.17) is 11.6 Å². The Labute approximate surface area is 156 Å². The standard InChI is InChI=1S/C15H10ClFN4O3S2/c16-10-6-2-1-5-9(10)13(22)18-14-19-20-15(25-14)26(23,24)21-12-8-4-3-7-11(12)17/h1-8,21H,(H,18,19,22). The molecule has 26 heavy (non-hydrogen) atoms. The van der Waals surface area contributed by atoms with Gasteiger partial charge in [-0.15, -0.1) is 10.2 Å². The van der Waals surface area contributed by atoms with Crippen LogP contribution in [-0.4, -0.2) is 24.5 Å². The number of sulfonamides is 1. The highest BCUT2D eigenvalue weighted by Gasteiger charge is 2.22. The number of hydrogen-bond acceptors (Lipinski definition) is 6. The third kappa shape index (κ3) is 3.98. The molecule has 1 heterocycles. The third-order valence-electron chi connectivity index (χ3n) is 3.09. The molecule has 0 aliphatic carbocycles. The molecular formula is C15H10ClFN4O3S2. The number of carbonyl (C=O) groups is 1. The van der Waals surface area contributed by atoms with E-state index in [1.807, 2.05) is 0 Å². The molecule has 0 bridgehead atoms. The van der Waals surface area contributed by atoms with Crippen LogP contribution in [-0.2, 0) is 10.0 Å². The maximum Gasteiger partial charge on any atom is 0.291 e. The molecule has 0 aliphatic rings. The first-order valence-corrected chi connectivity index (χ1v) is 9.71. The summed E-state index contributed by atoms with van der Waals surface area (Å²) in [6, 6.07) is 11.7. The number of anilines is 2. The van der Waals surface area contributed by atoms with Crippen LogP contribution in [0.25, 0.3) is 0 Å². The number of halogens is 2. The first-order chi connectivity index (χ1) is 12.4. The van der Waals surface area contributed by atoms with Gasteiger partial charge in [0.2, 0.25) is 5.13 Å². The lowest BCUT2D eigenvalue weighted by atomic mass is 10.2. The van der Waals surface area contributed by atoms with Crippen LogP contribution in [0.5, 0.6) is 0 Å². The quantitative estimate of drug-likeness (QED) is 0.625. The Balaban J connectivity index is 1.78.